The van der Waals surface area contributed by atoms with E-state index < -0.39 is 25.2 Å². The van der Waals surface area contributed by atoms with Gasteiger partial charge in [-0.1, -0.05) is 38.1 Å². The van der Waals surface area contributed by atoms with Gasteiger partial charge < -0.3 is 23.4 Å². The Labute approximate surface area is 324 Å². The molecule has 0 amide bonds. The van der Waals surface area contributed by atoms with Gasteiger partial charge in [-0.2, -0.15) is 22.8 Å². The lowest BCUT2D eigenvalue weighted by Gasteiger charge is -2.46. The number of ether oxygens (including phenoxy) is 2. The number of likely N-dealkylation sites (tertiary alicyclic amines) is 2. The number of carbonyl (C=O) groups is 1. The van der Waals surface area contributed by atoms with Crippen LogP contribution in [-0.2, 0) is 17.9 Å². The lowest BCUT2D eigenvalue weighted by Crippen LogP contribution is -2.52. The fourth-order valence-electron chi connectivity index (χ4n) is 8.15. The quantitative estimate of drug-likeness (QED) is 0.119. The number of hydrogen-bond acceptors (Lipinski definition) is 10. The number of aromatic nitrogens is 2. The molecular formula is C42H37F4N5O6. The summed E-state index contributed by atoms with van der Waals surface area (Å²) in [7, 11) is 0. The summed E-state index contributed by atoms with van der Waals surface area (Å²) in [6.45, 7) is 2.55. The minimum atomic E-state index is -3.12. The van der Waals surface area contributed by atoms with E-state index in [4.69, 9.17) is 23.3 Å². The van der Waals surface area contributed by atoms with Crippen LogP contribution in [0.5, 0.6) is 11.5 Å². The van der Waals surface area contributed by atoms with Crippen molar-refractivity contribution in [3.8, 4) is 51.6 Å². The Morgan fingerprint density at radius 1 is 0.877 bits per heavy atom. The number of fused-ring (bicyclic) bond motifs is 2. The summed E-state index contributed by atoms with van der Waals surface area (Å²) >= 11 is 0. The first kappa shape index (κ1) is 37.9. The molecule has 4 heterocycles. The van der Waals surface area contributed by atoms with Gasteiger partial charge in [0.15, 0.2) is 11.2 Å². The molecule has 2 saturated heterocycles. The predicted molar refractivity (Wildman–Crippen MR) is 201 cm³/mol. The number of hydrogen-bond donors (Lipinski definition) is 1. The number of benzene rings is 4. The second kappa shape index (κ2) is 14.8. The van der Waals surface area contributed by atoms with E-state index in [0.717, 1.165) is 13.1 Å². The second-order valence-electron chi connectivity index (χ2n) is 15.2. The molecule has 15 heteroatoms. The molecule has 2 aliphatic rings. The van der Waals surface area contributed by atoms with E-state index in [1.165, 1.54) is 12.1 Å². The number of carboxylic acids is 1. The number of halogens is 4. The summed E-state index contributed by atoms with van der Waals surface area (Å²) in [5, 5.41) is 20.2. The summed E-state index contributed by atoms with van der Waals surface area (Å²) in [6, 6.07) is 18.2. The van der Waals surface area contributed by atoms with Crippen LogP contribution >= 0.6 is 0 Å². The SMILES string of the molecule is Cc1c(-c2nc3cc(CN4CCC[C@H]4C(=O)O)c(OC(F)F)cc3o2)cccc1-c1cccc(-c2nc3cc(CN4CC(C)(C)C4)c(OC(F)F)cc3o2)c1C#N. The molecule has 2 aliphatic heterocycles. The smallest absolute Gasteiger partial charge is 0.387 e. The zero-order chi connectivity index (χ0) is 40.2. The number of carboxylic acid groups (broad SMARTS) is 1. The number of rotatable bonds is 12. The second-order valence-corrected chi connectivity index (χ2v) is 15.2. The topological polar surface area (TPSA) is 138 Å². The van der Waals surface area contributed by atoms with Crippen molar-refractivity contribution in [2.24, 2.45) is 5.41 Å². The van der Waals surface area contributed by atoms with Crippen LogP contribution in [0.4, 0.5) is 17.6 Å². The minimum absolute atomic E-state index is 0.00166. The van der Waals surface area contributed by atoms with Gasteiger partial charge in [-0.3, -0.25) is 14.6 Å². The first-order valence-corrected chi connectivity index (χ1v) is 18.4. The molecule has 11 nitrogen and oxygen atoms in total. The third-order valence-electron chi connectivity index (χ3n) is 10.6. The van der Waals surface area contributed by atoms with Crippen molar-refractivity contribution < 1.29 is 45.8 Å². The van der Waals surface area contributed by atoms with Gasteiger partial charge in [-0.25, -0.2) is 9.97 Å². The number of aliphatic carboxylic acids is 1. The van der Waals surface area contributed by atoms with E-state index in [1.54, 1.807) is 47.4 Å². The molecule has 0 unspecified atom stereocenters. The van der Waals surface area contributed by atoms with Crippen LogP contribution < -0.4 is 9.47 Å². The Bertz CT molecular complexity index is 2550. The molecular weight excluding hydrogens is 746 g/mol. The standard InChI is InChI=1S/C42H37F4N5O6/c1-22-25(7-4-8-26(22)37-48-31-14-24(19-51-12-6-11-32(51)39(52)53)34(57-41(45)46)16-35(31)54-37)27-9-5-10-28(29(27)17-47)38-49-30-13-23(18-50-20-42(2,3)21-50)33(56-40(43)44)15-36(30)55-38/h4-5,7-10,13-16,32,40-41H,6,11-12,18-21H2,1-3H3,(H,52,53)/t32-/m0/s1. The molecule has 2 aromatic heterocycles. The molecule has 0 aliphatic carbocycles. The minimum Gasteiger partial charge on any atom is -0.480 e. The van der Waals surface area contributed by atoms with E-state index in [9.17, 15) is 32.7 Å². The highest BCUT2D eigenvalue weighted by Gasteiger charge is 2.35. The highest BCUT2D eigenvalue weighted by Crippen LogP contribution is 2.40. The van der Waals surface area contributed by atoms with Gasteiger partial charge in [0.25, 0.3) is 0 Å². The number of alkyl halides is 4. The third-order valence-corrected chi connectivity index (χ3v) is 10.6. The molecule has 0 saturated carbocycles. The molecule has 2 fully saturated rings. The maximum Gasteiger partial charge on any atom is 0.387 e. The predicted octanol–water partition coefficient (Wildman–Crippen LogP) is 9.24. The van der Waals surface area contributed by atoms with Crippen molar-refractivity contribution >= 4 is 28.2 Å². The zero-order valence-electron chi connectivity index (χ0n) is 31.2. The Morgan fingerprint density at radius 3 is 1.98 bits per heavy atom. The van der Waals surface area contributed by atoms with Gasteiger partial charge in [0.05, 0.1) is 11.1 Å². The molecule has 294 valence electrons. The maximum atomic E-state index is 13.5. The number of nitrogens with zero attached hydrogens (tertiary/aromatic N) is 5. The molecule has 1 N–H and O–H groups in total. The summed E-state index contributed by atoms with van der Waals surface area (Å²) < 4.78 is 75.9. The lowest BCUT2D eigenvalue weighted by molar-refractivity contribution is -0.142. The van der Waals surface area contributed by atoms with Crippen LogP contribution in [-0.4, -0.2) is 69.7 Å². The average Bonchev–Trinajstić information content (AvgIpc) is 3.89. The van der Waals surface area contributed by atoms with Gasteiger partial charge in [0.2, 0.25) is 11.8 Å². The zero-order valence-corrected chi connectivity index (χ0v) is 31.2. The van der Waals surface area contributed by atoms with Crippen molar-refractivity contribution in [1.82, 2.24) is 19.8 Å². The fraction of sp³-hybridized carbons (Fsp3) is 0.333. The largest absolute Gasteiger partial charge is 0.480 e. The molecule has 0 spiro atoms. The van der Waals surface area contributed by atoms with E-state index in [-0.39, 0.29) is 52.0 Å². The van der Waals surface area contributed by atoms with Crippen molar-refractivity contribution in [2.45, 2.75) is 66.0 Å². The van der Waals surface area contributed by atoms with Gasteiger partial charge in [0.1, 0.15) is 34.6 Å². The highest BCUT2D eigenvalue weighted by atomic mass is 19.3. The van der Waals surface area contributed by atoms with E-state index >= 15 is 0 Å². The van der Waals surface area contributed by atoms with E-state index in [1.807, 2.05) is 13.0 Å². The Hall–Kier alpha value is -5.98. The first-order valence-electron chi connectivity index (χ1n) is 18.4. The first-order chi connectivity index (χ1) is 27.3. The van der Waals surface area contributed by atoms with Crippen LogP contribution in [0.2, 0.25) is 0 Å². The Kier molecular flexibility index (Phi) is 9.87. The van der Waals surface area contributed by atoms with Crippen molar-refractivity contribution in [2.75, 3.05) is 19.6 Å². The van der Waals surface area contributed by atoms with Gasteiger partial charge >= 0.3 is 19.2 Å². The van der Waals surface area contributed by atoms with Crippen molar-refractivity contribution in [3.05, 3.63) is 82.9 Å². The summed E-state index contributed by atoms with van der Waals surface area (Å²) in [5.41, 5.74) is 5.42. The normalized spacial score (nSPS) is 17.1. The van der Waals surface area contributed by atoms with Crippen molar-refractivity contribution in [3.63, 3.8) is 0 Å². The molecule has 1 atom stereocenters. The average molecular weight is 784 g/mol. The highest BCUT2D eigenvalue weighted by molar-refractivity contribution is 5.87. The molecule has 57 heavy (non-hydrogen) atoms. The van der Waals surface area contributed by atoms with Crippen LogP contribution in [0.15, 0.2) is 69.5 Å². The lowest BCUT2D eigenvalue weighted by atomic mass is 9.84. The van der Waals surface area contributed by atoms with Gasteiger partial charge in [-0.05, 0) is 67.1 Å². The molecule has 8 rings (SSSR count). The maximum absolute atomic E-state index is 13.5. The van der Waals surface area contributed by atoms with Gasteiger partial charge in [0, 0.05) is 60.6 Å². The third kappa shape index (κ3) is 7.50. The molecule has 0 bridgehead atoms. The van der Waals surface area contributed by atoms with Gasteiger partial charge in [-0.15, -0.1) is 0 Å². The number of oxazole rings is 2. The summed E-state index contributed by atoms with van der Waals surface area (Å²) in [5.74, 6) is -0.788. The summed E-state index contributed by atoms with van der Waals surface area (Å²) in [6.07, 6.45) is 1.12. The Balaban J connectivity index is 1.14. The van der Waals surface area contributed by atoms with Crippen LogP contribution in [0.1, 0.15) is 48.9 Å². The Morgan fingerprint density at radius 2 is 1.42 bits per heavy atom. The van der Waals surface area contributed by atoms with E-state index in [0.29, 0.717) is 75.9 Å². The summed E-state index contributed by atoms with van der Waals surface area (Å²) in [4.78, 5) is 25.0. The van der Waals surface area contributed by atoms with E-state index in [2.05, 4.69) is 29.8 Å². The van der Waals surface area contributed by atoms with Crippen LogP contribution in [0, 0.1) is 23.7 Å². The van der Waals surface area contributed by atoms with Crippen molar-refractivity contribution in [1.29, 1.82) is 5.26 Å². The van der Waals surface area contributed by atoms with Crippen LogP contribution in [0.3, 0.4) is 0 Å². The molecule has 4 aromatic carbocycles. The fourth-order valence-corrected chi connectivity index (χ4v) is 8.15. The van der Waals surface area contributed by atoms with Crippen LogP contribution in [0.25, 0.3) is 56.2 Å². The number of nitriles is 1. The monoisotopic (exact) mass is 783 g/mol. The molecule has 6 aromatic rings. The molecule has 0 radical (unpaired) electrons.